The van der Waals surface area contributed by atoms with Crippen molar-refractivity contribution < 1.29 is 26.6 Å². The van der Waals surface area contributed by atoms with Gasteiger partial charge in [0.25, 0.3) is 5.69 Å². The quantitative estimate of drug-likeness (QED) is 0.380. The summed E-state index contributed by atoms with van der Waals surface area (Å²) in [5.41, 5.74) is -0.523. The minimum absolute atomic E-state index is 0.0111. The largest absolute Gasteiger partial charge is 0.371 e. The molecule has 11 nitrogen and oxygen atoms in total. The third-order valence-electron chi connectivity index (χ3n) is 3.90. The number of nitrogens with zero attached hydrogens (tertiary/aromatic N) is 1. The van der Waals surface area contributed by atoms with Crippen LogP contribution in [-0.4, -0.2) is 57.8 Å². The van der Waals surface area contributed by atoms with Crippen molar-refractivity contribution in [1.29, 1.82) is 0 Å². The Kier molecular flexibility index (Phi) is 6.62. The second-order valence-corrected chi connectivity index (χ2v) is 10.7. The molecule has 0 aromatic heterocycles. The highest BCUT2D eigenvalue weighted by molar-refractivity contribution is 7.91. The van der Waals surface area contributed by atoms with E-state index in [0.29, 0.717) is 6.42 Å². The highest BCUT2D eigenvalue weighted by Gasteiger charge is 2.29. The van der Waals surface area contributed by atoms with Crippen LogP contribution in [0.5, 0.6) is 0 Å². The van der Waals surface area contributed by atoms with Crippen LogP contribution in [0.3, 0.4) is 0 Å². The standard InChI is InChI=1S/C15H22N4O7S2/c1-10(2)18-28(25,26)12-3-4-13(14(7-12)19(21)22)16-8-15(20)17-11-5-6-27(23,24)9-11/h3-4,7,10-11,16,18H,5-6,8-9H2,1-2H3,(H,17,20)/t11-/m0/s1. The number of nitro benzene ring substituents is 1. The number of nitrogens with one attached hydrogen (secondary N) is 3. The van der Waals surface area contributed by atoms with Gasteiger partial charge in [0.15, 0.2) is 9.84 Å². The highest BCUT2D eigenvalue weighted by Crippen LogP contribution is 2.27. The van der Waals surface area contributed by atoms with Crippen molar-refractivity contribution in [3.8, 4) is 0 Å². The summed E-state index contributed by atoms with van der Waals surface area (Å²) in [6.07, 6.45) is 0.323. The van der Waals surface area contributed by atoms with E-state index >= 15 is 0 Å². The van der Waals surface area contributed by atoms with Gasteiger partial charge in [-0.1, -0.05) is 0 Å². The predicted molar refractivity (Wildman–Crippen MR) is 102 cm³/mol. The van der Waals surface area contributed by atoms with Gasteiger partial charge in [0.2, 0.25) is 15.9 Å². The molecule has 3 N–H and O–H groups in total. The molecule has 1 fully saturated rings. The summed E-state index contributed by atoms with van der Waals surface area (Å²) >= 11 is 0. The number of amides is 1. The molecule has 13 heteroatoms. The molecule has 1 aliphatic rings. The normalized spacial score (nSPS) is 18.8. The second-order valence-electron chi connectivity index (χ2n) is 6.73. The summed E-state index contributed by atoms with van der Waals surface area (Å²) in [4.78, 5) is 22.3. The number of sulfone groups is 1. The Morgan fingerprint density at radius 1 is 1.36 bits per heavy atom. The van der Waals surface area contributed by atoms with E-state index in [2.05, 4.69) is 15.4 Å². The van der Waals surface area contributed by atoms with Crippen molar-refractivity contribution in [1.82, 2.24) is 10.0 Å². The van der Waals surface area contributed by atoms with Crippen molar-refractivity contribution in [3.63, 3.8) is 0 Å². The number of carbonyl (C=O) groups excluding carboxylic acids is 1. The SMILES string of the molecule is CC(C)NS(=O)(=O)c1ccc(NCC(=O)N[C@H]2CCS(=O)(=O)C2)c([N+](=O)[O-])c1. The van der Waals surface area contributed by atoms with Gasteiger partial charge in [0.1, 0.15) is 5.69 Å². The summed E-state index contributed by atoms with van der Waals surface area (Å²) in [5, 5.41) is 16.4. The molecule has 0 unspecified atom stereocenters. The number of hydrogen-bond acceptors (Lipinski definition) is 8. The van der Waals surface area contributed by atoms with E-state index in [9.17, 15) is 31.7 Å². The van der Waals surface area contributed by atoms with Crippen LogP contribution in [0.4, 0.5) is 11.4 Å². The summed E-state index contributed by atoms with van der Waals surface area (Å²) in [6.45, 7) is 2.92. The van der Waals surface area contributed by atoms with Crippen molar-refractivity contribution >= 4 is 37.1 Å². The lowest BCUT2D eigenvalue weighted by Gasteiger charge is -2.13. The first kappa shape index (κ1) is 22.0. The van der Waals surface area contributed by atoms with Crippen LogP contribution in [0.1, 0.15) is 20.3 Å². The van der Waals surface area contributed by atoms with Gasteiger partial charge in [-0.05, 0) is 32.4 Å². The molecule has 2 rings (SSSR count). The minimum Gasteiger partial charge on any atom is -0.371 e. The fourth-order valence-electron chi connectivity index (χ4n) is 2.72. The molecule has 0 saturated carbocycles. The molecule has 0 aliphatic carbocycles. The summed E-state index contributed by atoms with van der Waals surface area (Å²) in [5.74, 6) is -0.638. The molecule has 1 saturated heterocycles. The van der Waals surface area contributed by atoms with Crippen LogP contribution < -0.4 is 15.4 Å². The Morgan fingerprint density at radius 2 is 2.04 bits per heavy atom. The molecule has 156 valence electrons. The lowest BCUT2D eigenvalue weighted by atomic mass is 10.2. The molecule has 1 aromatic rings. The van der Waals surface area contributed by atoms with Crippen LogP contribution in [-0.2, 0) is 24.7 Å². The molecule has 1 heterocycles. The smallest absolute Gasteiger partial charge is 0.293 e. The number of rotatable bonds is 8. The zero-order valence-corrected chi connectivity index (χ0v) is 17.0. The number of nitro groups is 1. The molecule has 28 heavy (non-hydrogen) atoms. The van der Waals surface area contributed by atoms with Crippen molar-refractivity contribution in [2.24, 2.45) is 0 Å². The van der Waals surface area contributed by atoms with Gasteiger partial charge in [-0.25, -0.2) is 21.6 Å². The van der Waals surface area contributed by atoms with Gasteiger partial charge in [-0.15, -0.1) is 0 Å². The first-order valence-corrected chi connectivity index (χ1v) is 11.7. The fraction of sp³-hybridized carbons (Fsp3) is 0.533. The maximum atomic E-state index is 12.2. The van der Waals surface area contributed by atoms with E-state index in [1.165, 1.54) is 12.1 Å². The lowest BCUT2D eigenvalue weighted by Crippen LogP contribution is -2.39. The number of benzene rings is 1. The van der Waals surface area contributed by atoms with E-state index in [1.54, 1.807) is 13.8 Å². The van der Waals surface area contributed by atoms with Crippen LogP contribution in [0.2, 0.25) is 0 Å². The Morgan fingerprint density at radius 3 is 2.57 bits per heavy atom. The number of hydrogen-bond donors (Lipinski definition) is 3. The molecule has 0 radical (unpaired) electrons. The Labute approximate surface area is 163 Å². The zero-order valence-electron chi connectivity index (χ0n) is 15.3. The maximum Gasteiger partial charge on any atom is 0.293 e. The predicted octanol–water partition coefficient (Wildman–Crippen LogP) is -0.00330. The van der Waals surface area contributed by atoms with E-state index in [4.69, 9.17) is 0 Å². The van der Waals surface area contributed by atoms with E-state index in [0.717, 1.165) is 6.07 Å². The number of anilines is 1. The van der Waals surface area contributed by atoms with Crippen molar-refractivity contribution in [2.75, 3.05) is 23.4 Å². The summed E-state index contributed by atoms with van der Waals surface area (Å²) in [7, 11) is -7.05. The van der Waals surface area contributed by atoms with Gasteiger partial charge in [0, 0.05) is 18.2 Å². The molecule has 1 atom stereocenters. The summed E-state index contributed by atoms with van der Waals surface area (Å²) < 4.78 is 49.5. The molecule has 0 spiro atoms. The minimum atomic E-state index is -3.91. The third-order valence-corrected chi connectivity index (χ3v) is 7.33. The molecular formula is C15H22N4O7S2. The van der Waals surface area contributed by atoms with Gasteiger partial charge >= 0.3 is 0 Å². The van der Waals surface area contributed by atoms with E-state index in [-0.39, 0.29) is 34.7 Å². The highest BCUT2D eigenvalue weighted by atomic mass is 32.2. The lowest BCUT2D eigenvalue weighted by molar-refractivity contribution is -0.384. The Hall–Kier alpha value is -2.25. The van der Waals surface area contributed by atoms with Gasteiger partial charge < -0.3 is 10.6 Å². The average molecular weight is 434 g/mol. The van der Waals surface area contributed by atoms with Crippen LogP contribution in [0, 0.1) is 10.1 Å². The Bertz CT molecular complexity index is 974. The van der Waals surface area contributed by atoms with Gasteiger partial charge in [-0.3, -0.25) is 14.9 Å². The molecule has 1 amide bonds. The van der Waals surface area contributed by atoms with E-state index < -0.39 is 42.4 Å². The van der Waals surface area contributed by atoms with Crippen LogP contribution >= 0.6 is 0 Å². The third kappa shape index (κ3) is 5.87. The first-order valence-electron chi connectivity index (χ1n) is 8.44. The van der Waals surface area contributed by atoms with Crippen LogP contribution in [0.25, 0.3) is 0 Å². The van der Waals surface area contributed by atoms with Crippen molar-refractivity contribution in [2.45, 2.75) is 37.2 Å². The van der Waals surface area contributed by atoms with Gasteiger partial charge in [0.05, 0.1) is 27.9 Å². The molecule has 1 aliphatic heterocycles. The zero-order chi connectivity index (χ0) is 21.1. The number of carbonyl (C=O) groups is 1. The van der Waals surface area contributed by atoms with Gasteiger partial charge in [-0.2, -0.15) is 0 Å². The number of sulfonamides is 1. The second kappa shape index (κ2) is 8.41. The fourth-order valence-corrected chi connectivity index (χ4v) is 5.66. The average Bonchev–Trinajstić information content (AvgIpc) is 2.90. The van der Waals surface area contributed by atoms with Crippen molar-refractivity contribution in [3.05, 3.63) is 28.3 Å². The van der Waals surface area contributed by atoms with Crippen LogP contribution in [0.15, 0.2) is 23.1 Å². The first-order chi connectivity index (χ1) is 12.9. The molecular weight excluding hydrogens is 412 g/mol. The topological polar surface area (TPSA) is 165 Å². The van der Waals surface area contributed by atoms with E-state index in [1.807, 2.05) is 0 Å². The summed E-state index contributed by atoms with van der Waals surface area (Å²) in [6, 6.07) is 2.45. The molecule has 1 aromatic carbocycles. The maximum absolute atomic E-state index is 12.2. The Balaban J connectivity index is 2.09. The molecule has 0 bridgehead atoms. The monoisotopic (exact) mass is 434 g/mol.